The zero-order valence-electron chi connectivity index (χ0n) is 11.9. The van der Waals surface area contributed by atoms with Crippen LogP contribution in [0.1, 0.15) is 11.1 Å². The summed E-state index contributed by atoms with van der Waals surface area (Å²) in [4.78, 5) is 22.3. The molecule has 0 aliphatic carbocycles. The van der Waals surface area contributed by atoms with E-state index in [4.69, 9.17) is 0 Å². The average molecular weight is 336 g/mol. The van der Waals surface area contributed by atoms with E-state index in [-0.39, 0.29) is 18.0 Å². The summed E-state index contributed by atoms with van der Waals surface area (Å²) < 4.78 is 0. The van der Waals surface area contributed by atoms with E-state index in [1.165, 1.54) is 11.6 Å². The van der Waals surface area contributed by atoms with Crippen molar-refractivity contribution in [3.05, 3.63) is 62.3 Å². The average Bonchev–Trinajstić information content (AvgIpc) is 3.00. The Morgan fingerprint density at radius 2 is 2.14 bits per heavy atom. The van der Waals surface area contributed by atoms with Gasteiger partial charge in [0, 0.05) is 29.7 Å². The number of thiophene rings is 1. The monoisotopic (exact) mass is 336 g/mol. The molecule has 7 heteroatoms. The lowest BCUT2D eigenvalue weighted by Crippen LogP contribution is -2.27. The van der Waals surface area contributed by atoms with Crippen molar-refractivity contribution in [1.29, 1.82) is 0 Å². The van der Waals surface area contributed by atoms with Gasteiger partial charge in [-0.15, -0.1) is 0 Å². The molecule has 1 amide bonds. The SMILES string of the molecule is O=C(Cc1ccccc1[N+](=O)[O-])NCCSCc1ccsc1. The van der Waals surface area contributed by atoms with Gasteiger partial charge >= 0.3 is 0 Å². The number of carbonyl (C=O) groups is 1. The highest BCUT2D eigenvalue weighted by Crippen LogP contribution is 2.18. The van der Waals surface area contributed by atoms with Crippen LogP contribution in [-0.2, 0) is 17.0 Å². The first-order valence-electron chi connectivity index (χ1n) is 6.74. The summed E-state index contributed by atoms with van der Waals surface area (Å²) in [5.41, 5.74) is 1.72. The minimum absolute atomic E-state index is 0.00974. The summed E-state index contributed by atoms with van der Waals surface area (Å²) in [7, 11) is 0. The van der Waals surface area contributed by atoms with Gasteiger partial charge in [0.1, 0.15) is 0 Å². The fourth-order valence-electron chi connectivity index (χ4n) is 1.90. The molecule has 0 unspecified atom stereocenters. The van der Waals surface area contributed by atoms with Gasteiger partial charge in [0.15, 0.2) is 0 Å². The summed E-state index contributed by atoms with van der Waals surface area (Å²) in [6, 6.07) is 8.42. The van der Waals surface area contributed by atoms with Crippen LogP contribution in [0.15, 0.2) is 41.1 Å². The van der Waals surface area contributed by atoms with Gasteiger partial charge in [-0.25, -0.2) is 0 Å². The van der Waals surface area contributed by atoms with Crippen molar-refractivity contribution >= 4 is 34.7 Å². The van der Waals surface area contributed by atoms with Crippen LogP contribution < -0.4 is 5.32 Å². The van der Waals surface area contributed by atoms with Crippen LogP contribution in [-0.4, -0.2) is 23.1 Å². The van der Waals surface area contributed by atoms with E-state index in [0.29, 0.717) is 12.1 Å². The third-order valence-electron chi connectivity index (χ3n) is 2.96. The molecule has 0 spiro atoms. The van der Waals surface area contributed by atoms with Gasteiger partial charge in [-0.2, -0.15) is 23.1 Å². The zero-order valence-corrected chi connectivity index (χ0v) is 13.5. The number of nitrogens with zero attached hydrogens (tertiary/aromatic N) is 1. The van der Waals surface area contributed by atoms with Gasteiger partial charge < -0.3 is 5.32 Å². The Labute approximate surface area is 136 Å². The van der Waals surface area contributed by atoms with Crippen LogP contribution in [0.25, 0.3) is 0 Å². The van der Waals surface area contributed by atoms with E-state index in [1.54, 1.807) is 41.3 Å². The van der Waals surface area contributed by atoms with Gasteiger partial charge in [0.2, 0.25) is 5.91 Å². The number of amides is 1. The second-order valence-corrected chi connectivity index (χ2v) is 6.48. The number of thioether (sulfide) groups is 1. The smallest absolute Gasteiger partial charge is 0.273 e. The maximum atomic E-state index is 11.8. The number of nitro groups is 1. The summed E-state index contributed by atoms with van der Waals surface area (Å²) in [6.07, 6.45) is 0.0341. The van der Waals surface area contributed by atoms with Crippen molar-refractivity contribution in [2.75, 3.05) is 12.3 Å². The Morgan fingerprint density at radius 1 is 1.32 bits per heavy atom. The number of hydrogen-bond donors (Lipinski definition) is 1. The molecule has 0 bridgehead atoms. The summed E-state index contributed by atoms with van der Waals surface area (Å²) in [5.74, 6) is 1.56. The maximum absolute atomic E-state index is 11.8. The third-order valence-corrected chi connectivity index (χ3v) is 4.72. The number of nitro benzene ring substituents is 1. The Kier molecular flexibility index (Phi) is 6.42. The molecule has 5 nitrogen and oxygen atoms in total. The molecule has 1 aromatic carbocycles. The second kappa shape index (κ2) is 8.55. The summed E-state index contributed by atoms with van der Waals surface area (Å²) in [5, 5.41) is 17.8. The Hall–Kier alpha value is -1.86. The number of nitrogens with one attached hydrogen (secondary N) is 1. The molecule has 2 aromatic rings. The van der Waals surface area contributed by atoms with E-state index in [9.17, 15) is 14.9 Å². The second-order valence-electron chi connectivity index (χ2n) is 4.60. The van der Waals surface area contributed by atoms with Crippen molar-refractivity contribution in [2.45, 2.75) is 12.2 Å². The molecule has 116 valence electrons. The summed E-state index contributed by atoms with van der Waals surface area (Å²) >= 11 is 3.43. The van der Waals surface area contributed by atoms with Crippen LogP contribution in [0.5, 0.6) is 0 Å². The molecule has 0 atom stereocenters. The quantitative estimate of drug-likeness (QED) is 0.456. The van der Waals surface area contributed by atoms with Gasteiger partial charge in [0.25, 0.3) is 5.69 Å². The normalized spacial score (nSPS) is 10.4. The highest BCUT2D eigenvalue weighted by atomic mass is 32.2. The van der Waals surface area contributed by atoms with Crippen molar-refractivity contribution in [2.24, 2.45) is 0 Å². The number of benzene rings is 1. The predicted molar refractivity (Wildman–Crippen MR) is 90.3 cm³/mol. The first kappa shape index (κ1) is 16.5. The highest BCUT2D eigenvalue weighted by Gasteiger charge is 2.14. The minimum Gasteiger partial charge on any atom is -0.355 e. The molecular formula is C15H16N2O3S2. The standard InChI is InChI=1S/C15H16N2O3S2/c18-15(9-13-3-1-2-4-14(13)17(19)20)16-6-8-22-11-12-5-7-21-10-12/h1-5,7,10H,6,8-9,11H2,(H,16,18). The van der Waals surface area contributed by atoms with Gasteiger partial charge in [-0.3, -0.25) is 14.9 Å². The summed E-state index contributed by atoms with van der Waals surface area (Å²) in [6.45, 7) is 0.564. The molecule has 0 saturated heterocycles. The molecule has 0 aliphatic heterocycles. The van der Waals surface area contributed by atoms with Crippen molar-refractivity contribution in [3.63, 3.8) is 0 Å². The van der Waals surface area contributed by atoms with Crippen LogP contribution in [0, 0.1) is 10.1 Å². The van der Waals surface area contributed by atoms with Crippen LogP contribution in [0.4, 0.5) is 5.69 Å². The fourth-order valence-corrected chi connectivity index (χ4v) is 3.48. The van der Waals surface area contributed by atoms with Gasteiger partial charge in [-0.05, 0) is 22.4 Å². The zero-order chi connectivity index (χ0) is 15.8. The third kappa shape index (κ3) is 5.16. The number of rotatable bonds is 8. The number of carbonyl (C=O) groups excluding carboxylic acids is 1. The maximum Gasteiger partial charge on any atom is 0.273 e. The number of hydrogen-bond acceptors (Lipinski definition) is 5. The molecule has 0 radical (unpaired) electrons. The van der Waals surface area contributed by atoms with Crippen LogP contribution >= 0.6 is 23.1 Å². The van der Waals surface area contributed by atoms with Gasteiger partial charge in [-0.1, -0.05) is 18.2 Å². The molecule has 0 fully saturated rings. The van der Waals surface area contributed by atoms with Crippen LogP contribution in [0.3, 0.4) is 0 Å². The fraction of sp³-hybridized carbons (Fsp3) is 0.267. The van der Waals surface area contributed by atoms with E-state index < -0.39 is 4.92 Å². The lowest BCUT2D eigenvalue weighted by atomic mass is 10.1. The molecule has 1 heterocycles. The van der Waals surface area contributed by atoms with Crippen LogP contribution in [0.2, 0.25) is 0 Å². The van der Waals surface area contributed by atoms with E-state index >= 15 is 0 Å². The lowest BCUT2D eigenvalue weighted by molar-refractivity contribution is -0.385. The van der Waals surface area contributed by atoms with E-state index in [1.807, 2.05) is 5.38 Å². The lowest BCUT2D eigenvalue weighted by Gasteiger charge is -2.05. The molecule has 2 rings (SSSR count). The van der Waals surface area contributed by atoms with Crippen molar-refractivity contribution < 1.29 is 9.72 Å². The van der Waals surface area contributed by atoms with Gasteiger partial charge in [0.05, 0.1) is 11.3 Å². The molecule has 0 saturated carbocycles. The molecular weight excluding hydrogens is 320 g/mol. The Balaban J connectivity index is 1.71. The Bertz CT molecular complexity index is 629. The molecule has 1 aromatic heterocycles. The molecule has 0 aliphatic rings. The van der Waals surface area contributed by atoms with E-state index in [0.717, 1.165) is 11.5 Å². The Morgan fingerprint density at radius 3 is 2.86 bits per heavy atom. The number of para-hydroxylation sites is 1. The largest absolute Gasteiger partial charge is 0.355 e. The topological polar surface area (TPSA) is 72.2 Å². The highest BCUT2D eigenvalue weighted by molar-refractivity contribution is 7.98. The minimum atomic E-state index is -0.459. The van der Waals surface area contributed by atoms with Crippen molar-refractivity contribution in [1.82, 2.24) is 5.32 Å². The molecule has 1 N–H and O–H groups in total. The first-order chi connectivity index (χ1) is 10.7. The van der Waals surface area contributed by atoms with Crippen molar-refractivity contribution in [3.8, 4) is 0 Å². The molecule has 22 heavy (non-hydrogen) atoms. The van der Waals surface area contributed by atoms with E-state index in [2.05, 4.69) is 16.8 Å². The first-order valence-corrected chi connectivity index (χ1v) is 8.84. The predicted octanol–water partition coefficient (Wildman–Crippen LogP) is 3.25.